The Hall–Kier alpha value is -2.17. The van der Waals surface area contributed by atoms with E-state index in [9.17, 15) is 14.4 Å². The number of benzene rings is 1. The Kier molecular flexibility index (Phi) is 5.02. The van der Waals surface area contributed by atoms with Gasteiger partial charge in [-0.3, -0.25) is 9.59 Å². The van der Waals surface area contributed by atoms with Crippen LogP contribution in [0.1, 0.15) is 38.1 Å². The van der Waals surface area contributed by atoms with Crippen molar-refractivity contribution in [2.75, 3.05) is 11.9 Å². The summed E-state index contributed by atoms with van der Waals surface area (Å²) in [4.78, 5) is 34.4. The van der Waals surface area contributed by atoms with Crippen molar-refractivity contribution in [2.24, 2.45) is 5.41 Å². The van der Waals surface area contributed by atoms with Gasteiger partial charge in [-0.25, -0.2) is 4.79 Å². The highest BCUT2D eigenvalue weighted by Gasteiger charge is 2.21. The third-order valence-electron chi connectivity index (χ3n) is 2.80. The largest absolute Gasteiger partial charge is 0.331 e. The van der Waals surface area contributed by atoms with Crippen LogP contribution in [0.5, 0.6) is 0 Å². The van der Waals surface area contributed by atoms with E-state index in [1.54, 1.807) is 45.0 Å². The number of carbonyl (C=O) groups is 3. The van der Waals surface area contributed by atoms with E-state index in [-0.39, 0.29) is 18.1 Å². The smallest absolute Gasteiger partial charge is 0.319 e. The van der Waals surface area contributed by atoms with Crippen molar-refractivity contribution in [2.45, 2.75) is 27.7 Å². The fourth-order valence-electron chi connectivity index (χ4n) is 1.39. The summed E-state index contributed by atoms with van der Waals surface area (Å²) in [6.07, 6.45) is 0. The molecule has 20 heavy (non-hydrogen) atoms. The minimum atomic E-state index is -0.476. The van der Waals surface area contributed by atoms with Crippen molar-refractivity contribution in [3.05, 3.63) is 29.8 Å². The normalized spacial score (nSPS) is 10.8. The second kappa shape index (κ2) is 6.32. The lowest BCUT2D eigenvalue weighted by Gasteiger charge is -2.16. The standard InChI is InChI=1S/C15H20N2O3/c1-10(18)11-5-7-12(8-6-11)17-14(20)16-9-13(19)15(2,3)4/h5-8H,9H2,1-4H3,(H2,16,17,20). The molecule has 0 fully saturated rings. The number of nitrogens with one attached hydrogen (secondary N) is 2. The summed E-state index contributed by atoms with van der Waals surface area (Å²) in [7, 11) is 0. The summed E-state index contributed by atoms with van der Waals surface area (Å²) in [5.74, 6) is -0.0728. The third kappa shape index (κ3) is 4.84. The highest BCUT2D eigenvalue weighted by atomic mass is 16.2. The Morgan fingerprint density at radius 2 is 1.60 bits per heavy atom. The molecule has 0 radical (unpaired) electrons. The van der Waals surface area contributed by atoms with E-state index in [0.717, 1.165) is 0 Å². The number of anilines is 1. The summed E-state index contributed by atoms with van der Waals surface area (Å²) in [5.41, 5.74) is 0.672. The number of rotatable bonds is 4. The summed E-state index contributed by atoms with van der Waals surface area (Å²) in [5, 5.41) is 5.11. The average molecular weight is 276 g/mol. The van der Waals surface area contributed by atoms with E-state index in [2.05, 4.69) is 10.6 Å². The predicted molar refractivity (Wildman–Crippen MR) is 77.9 cm³/mol. The zero-order valence-electron chi connectivity index (χ0n) is 12.2. The molecule has 0 aliphatic rings. The van der Waals surface area contributed by atoms with Crippen LogP contribution < -0.4 is 10.6 Å². The molecule has 5 heteroatoms. The molecule has 2 amide bonds. The number of hydrogen-bond donors (Lipinski definition) is 2. The van der Waals surface area contributed by atoms with Crippen molar-refractivity contribution in [3.63, 3.8) is 0 Å². The summed E-state index contributed by atoms with van der Waals surface area (Å²) in [6, 6.07) is 6.11. The molecule has 1 aromatic rings. The second-order valence-corrected chi connectivity index (χ2v) is 5.61. The summed E-state index contributed by atoms with van der Waals surface area (Å²) < 4.78 is 0. The fourth-order valence-corrected chi connectivity index (χ4v) is 1.39. The second-order valence-electron chi connectivity index (χ2n) is 5.61. The van der Waals surface area contributed by atoms with Gasteiger partial charge in [-0.1, -0.05) is 20.8 Å². The lowest BCUT2D eigenvalue weighted by atomic mass is 9.91. The molecule has 0 saturated heterocycles. The molecular weight excluding hydrogens is 256 g/mol. The van der Waals surface area contributed by atoms with E-state index in [1.807, 2.05) is 0 Å². The van der Waals surface area contributed by atoms with E-state index in [1.165, 1.54) is 6.92 Å². The van der Waals surface area contributed by atoms with Gasteiger partial charge in [0.05, 0.1) is 6.54 Å². The first-order chi connectivity index (χ1) is 9.20. The highest BCUT2D eigenvalue weighted by Crippen LogP contribution is 2.13. The Morgan fingerprint density at radius 1 is 1.05 bits per heavy atom. The predicted octanol–water partition coefficient (Wildman–Crippen LogP) is 2.63. The Balaban J connectivity index is 2.51. The van der Waals surface area contributed by atoms with Crippen molar-refractivity contribution in [3.8, 4) is 0 Å². The van der Waals surface area contributed by atoms with Gasteiger partial charge in [-0.05, 0) is 31.2 Å². The molecule has 0 spiro atoms. The van der Waals surface area contributed by atoms with Gasteiger partial charge < -0.3 is 10.6 Å². The first-order valence-corrected chi connectivity index (χ1v) is 6.39. The van der Waals surface area contributed by atoms with Crippen LogP contribution >= 0.6 is 0 Å². The number of ketones is 2. The molecule has 108 valence electrons. The average Bonchev–Trinajstić information content (AvgIpc) is 2.35. The van der Waals surface area contributed by atoms with Gasteiger partial charge in [-0.2, -0.15) is 0 Å². The monoisotopic (exact) mass is 276 g/mol. The molecular formula is C15H20N2O3. The minimum Gasteiger partial charge on any atom is -0.331 e. The van der Waals surface area contributed by atoms with Crippen LogP contribution in [0.15, 0.2) is 24.3 Å². The quantitative estimate of drug-likeness (QED) is 0.830. The SMILES string of the molecule is CC(=O)c1ccc(NC(=O)NCC(=O)C(C)(C)C)cc1. The molecule has 0 heterocycles. The molecule has 0 saturated carbocycles. The van der Waals surface area contributed by atoms with Gasteiger partial charge in [0.2, 0.25) is 0 Å². The van der Waals surface area contributed by atoms with Crippen molar-refractivity contribution >= 4 is 23.3 Å². The minimum absolute atomic E-state index is 0.0130. The Morgan fingerprint density at radius 3 is 2.05 bits per heavy atom. The Labute approximate surface area is 118 Å². The highest BCUT2D eigenvalue weighted by molar-refractivity contribution is 5.96. The van der Waals surface area contributed by atoms with E-state index >= 15 is 0 Å². The maximum atomic E-state index is 11.7. The molecule has 2 N–H and O–H groups in total. The first-order valence-electron chi connectivity index (χ1n) is 6.39. The van der Waals surface area contributed by atoms with Gasteiger partial charge in [0.1, 0.15) is 0 Å². The van der Waals surface area contributed by atoms with Crippen LogP contribution in [0.2, 0.25) is 0 Å². The molecule has 0 bridgehead atoms. The van der Waals surface area contributed by atoms with Crippen LogP contribution in [0.4, 0.5) is 10.5 Å². The maximum Gasteiger partial charge on any atom is 0.319 e. The van der Waals surface area contributed by atoms with Gasteiger partial charge in [-0.15, -0.1) is 0 Å². The van der Waals surface area contributed by atoms with Gasteiger partial charge in [0, 0.05) is 16.7 Å². The Bertz CT molecular complexity index is 513. The number of Topliss-reactive ketones (excluding diaryl/α,β-unsaturated/α-hetero) is 2. The topological polar surface area (TPSA) is 75.3 Å². The van der Waals surface area contributed by atoms with E-state index in [4.69, 9.17) is 0 Å². The van der Waals surface area contributed by atoms with Crippen LogP contribution in [-0.2, 0) is 4.79 Å². The van der Waals surface area contributed by atoms with Crippen LogP contribution in [0.3, 0.4) is 0 Å². The molecule has 5 nitrogen and oxygen atoms in total. The van der Waals surface area contributed by atoms with Crippen molar-refractivity contribution < 1.29 is 14.4 Å². The van der Waals surface area contributed by atoms with Gasteiger partial charge in [0.15, 0.2) is 11.6 Å². The number of amides is 2. The molecule has 1 rings (SSSR count). The molecule has 0 unspecified atom stereocenters. The zero-order valence-corrected chi connectivity index (χ0v) is 12.2. The molecule has 0 aliphatic carbocycles. The van der Waals surface area contributed by atoms with E-state index in [0.29, 0.717) is 11.3 Å². The molecule has 1 aromatic carbocycles. The number of hydrogen-bond acceptors (Lipinski definition) is 3. The maximum absolute atomic E-state index is 11.7. The fraction of sp³-hybridized carbons (Fsp3) is 0.400. The molecule has 0 aliphatic heterocycles. The molecule has 0 aromatic heterocycles. The zero-order chi connectivity index (χ0) is 15.3. The summed E-state index contributed by atoms with van der Waals surface area (Å²) >= 11 is 0. The van der Waals surface area contributed by atoms with Crippen molar-refractivity contribution in [1.29, 1.82) is 0 Å². The van der Waals surface area contributed by atoms with Crippen LogP contribution in [0, 0.1) is 5.41 Å². The lowest BCUT2D eigenvalue weighted by Crippen LogP contribution is -2.37. The first kappa shape index (κ1) is 15.9. The van der Waals surface area contributed by atoms with E-state index < -0.39 is 11.4 Å². The van der Waals surface area contributed by atoms with Crippen molar-refractivity contribution in [1.82, 2.24) is 5.32 Å². The van der Waals surface area contributed by atoms with Gasteiger partial charge in [0.25, 0.3) is 0 Å². The lowest BCUT2D eigenvalue weighted by molar-refractivity contribution is -0.125. The molecule has 0 atom stereocenters. The number of carbonyl (C=O) groups excluding carboxylic acids is 3. The van der Waals surface area contributed by atoms with Crippen LogP contribution in [-0.4, -0.2) is 24.1 Å². The third-order valence-corrected chi connectivity index (χ3v) is 2.80. The van der Waals surface area contributed by atoms with Crippen LogP contribution in [0.25, 0.3) is 0 Å². The van der Waals surface area contributed by atoms with Gasteiger partial charge >= 0.3 is 6.03 Å². The number of urea groups is 1. The summed E-state index contributed by atoms with van der Waals surface area (Å²) in [6.45, 7) is 6.87.